The lowest BCUT2D eigenvalue weighted by molar-refractivity contribution is -0.124. The molecule has 0 aliphatic carbocycles. The summed E-state index contributed by atoms with van der Waals surface area (Å²) in [5.74, 6) is 0.0549. The SMILES string of the molecule is CCCCNC(=O)CCC(C)=O. The molecular weight excluding hydrogens is 154 g/mol. The number of amides is 1. The lowest BCUT2D eigenvalue weighted by Crippen LogP contribution is -2.24. The summed E-state index contributed by atoms with van der Waals surface area (Å²) in [6, 6.07) is 0. The van der Waals surface area contributed by atoms with Crippen LogP contribution in [0.15, 0.2) is 0 Å². The van der Waals surface area contributed by atoms with Crippen molar-refractivity contribution >= 4 is 11.7 Å². The van der Waals surface area contributed by atoms with Crippen LogP contribution in [0.3, 0.4) is 0 Å². The number of rotatable bonds is 6. The fourth-order valence-corrected chi connectivity index (χ4v) is 0.783. The van der Waals surface area contributed by atoms with Crippen LogP contribution in [0.4, 0.5) is 0 Å². The van der Waals surface area contributed by atoms with Gasteiger partial charge in [0.2, 0.25) is 5.91 Å². The molecule has 1 amide bonds. The number of ketones is 1. The van der Waals surface area contributed by atoms with Gasteiger partial charge in [0.1, 0.15) is 5.78 Å². The molecule has 70 valence electrons. The molecule has 0 aliphatic heterocycles. The van der Waals surface area contributed by atoms with E-state index in [1.165, 1.54) is 6.92 Å². The topological polar surface area (TPSA) is 46.2 Å². The van der Waals surface area contributed by atoms with Gasteiger partial charge in [0.15, 0.2) is 0 Å². The third kappa shape index (κ3) is 7.25. The Morgan fingerprint density at radius 1 is 1.25 bits per heavy atom. The Morgan fingerprint density at radius 2 is 1.92 bits per heavy atom. The van der Waals surface area contributed by atoms with Gasteiger partial charge in [-0.05, 0) is 13.3 Å². The number of nitrogens with one attached hydrogen (secondary N) is 1. The van der Waals surface area contributed by atoms with Gasteiger partial charge >= 0.3 is 0 Å². The van der Waals surface area contributed by atoms with Crippen molar-refractivity contribution in [2.24, 2.45) is 0 Å². The predicted octanol–water partition coefficient (Wildman–Crippen LogP) is 1.27. The second kappa shape index (κ2) is 6.83. The Balaban J connectivity index is 3.28. The number of unbranched alkanes of at least 4 members (excludes halogenated alkanes) is 1. The Hall–Kier alpha value is -0.860. The molecule has 0 spiro atoms. The molecule has 3 nitrogen and oxygen atoms in total. The van der Waals surface area contributed by atoms with E-state index in [4.69, 9.17) is 0 Å². The van der Waals surface area contributed by atoms with Crippen molar-refractivity contribution in [3.8, 4) is 0 Å². The van der Waals surface area contributed by atoms with Crippen molar-refractivity contribution in [3.63, 3.8) is 0 Å². The number of Topliss-reactive ketones (excluding diaryl/α,β-unsaturated/α-hetero) is 1. The van der Waals surface area contributed by atoms with Crippen LogP contribution in [0.25, 0.3) is 0 Å². The molecule has 0 radical (unpaired) electrons. The smallest absolute Gasteiger partial charge is 0.220 e. The Kier molecular flexibility index (Phi) is 6.34. The highest BCUT2D eigenvalue weighted by molar-refractivity contribution is 5.83. The molecule has 0 aromatic carbocycles. The fourth-order valence-electron chi connectivity index (χ4n) is 0.783. The third-order valence-electron chi connectivity index (χ3n) is 1.56. The van der Waals surface area contributed by atoms with Crippen LogP contribution < -0.4 is 5.32 Å². The highest BCUT2D eigenvalue weighted by Gasteiger charge is 2.01. The zero-order valence-electron chi connectivity index (χ0n) is 7.85. The second-order valence-electron chi connectivity index (χ2n) is 2.91. The van der Waals surface area contributed by atoms with Gasteiger partial charge in [-0.25, -0.2) is 0 Å². The first-order valence-corrected chi connectivity index (χ1v) is 4.43. The molecule has 0 aromatic rings. The summed E-state index contributed by atoms with van der Waals surface area (Å²) in [4.78, 5) is 21.5. The largest absolute Gasteiger partial charge is 0.356 e. The standard InChI is InChI=1S/C9H17NO2/c1-3-4-7-10-9(12)6-5-8(2)11/h3-7H2,1-2H3,(H,10,12). The minimum atomic E-state index is -0.0151. The molecule has 0 unspecified atom stereocenters. The molecule has 0 saturated heterocycles. The average molecular weight is 171 g/mol. The first-order chi connectivity index (χ1) is 5.66. The summed E-state index contributed by atoms with van der Waals surface area (Å²) in [5, 5.41) is 2.75. The number of carbonyl (C=O) groups excluding carboxylic acids is 2. The quantitative estimate of drug-likeness (QED) is 0.612. The van der Waals surface area contributed by atoms with E-state index in [1.807, 2.05) is 0 Å². The van der Waals surface area contributed by atoms with Gasteiger partial charge in [-0.1, -0.05) is 13.3 Å². The van der Waals surface area contributed by atoms with Gasteiger partial charge in [0.05, 0.1) is 0 Å². The molecule has 12 heavy (non-hydrogen) atoms. The van der Waals surface area contributed by atoms with Gasteiger partial charge < -0.3 is 10.1 Å². The predicted molar refractivity (Wildman–Crippen MR) is 47.8 cm³/mol. The molecule has 0 aliphatic rings. The molecule has 0 saturated carbocycles. The highest BCUT2D eigenvalue weighted by atomic mass is 16.2. The highest BCUT2D eigenvalue weighted by Crippen LogP contribution is 1.90. The Morgan fingerprint density at radius 3 is 2.42 bits per heavy atom. The average Bonchev–Trinajstić information content (AvgIpc) is 2.01. The molecule has 0 rings (SSSR count). The number of hydrogen-bond donors (Lipinski definition) is 1. The van der Waals surface area contributed by atoms with Gasteiger partial charge in [-0.15, -0.1) is 0 Å². The van der Waals surface area contributed by atoms with Crippen molar-refractivity contribution in [2.45, 2.75) is 39.5 Å². The van der Waals surface area contributed by atoms with E-state index in [0.29, 0.717) is 12.8 Å². The van der Waals surface area contributed by atoms with Crippen molar-refractivity contribution < 1.29 is 9.59 Å². The monoisotopic (exact) mass is 171 g/mol. The van der Waals surface area contributed by atoms with Crippen molar-refractivity contribution in [2.75, 3.05) is 6.54 Å². The van der Waals surface area contributed by atoms with Gasteiger partial charge in [0, 0.05) is 19.4 Å². The molecule has 0 bridgehead atoms. The fraction of sp³-hybridized carbons (Fsp3) is 0.778. The first-order valence-electron chi connectivity index (χ1n) is 4.43. The van der Waals surface area contributed by atoms with E-state index in [9.17, 15) is 9.59 Å². The summed E-state index contributed by atoms with van der Waals surface area (Å²) in [6.07, 6.45) is 2.77. The van der Waals surface area contributed by atoms with Gasteiger partial charge in [-0.2, -0.15) is 0 Å². The molecule has 1 N–H and O–H groups in total. The van der Waals surface area contributed by atoms with E-state index in [-0.39, 0.29) is 11.7 Å². The summed E-state index contributed by atoms with van der Waals surface area (Å²) in [7, 11) is 0. The minimum absolute atomic E-state index is 0.0151. The van der Waals surface area contributed by atoms with Gasteiger partial charge in [0.25, 0.3) is 0 Å². The third-order valence-corrected chi connectivity index (χ3v) is 1.56. The summed E-state index contributed by atoms with van der Waals surface area (Å²) in [5.41, 5.74) is 0. The van der Waals surface area contributed by atoms with E-state index in [0.717, 1.165) is 19.4 Å². The number of carbonyl (C=O) groups is 2. The van der Waals surface area contributed by atoms with Crippen molar-refractivity contribution in [3.05, 3.63) is 0 Å². The normalized spacial score (nSPS) is 9.50. The lowest BCUT2D eigenvalue weighted by atomic mass is 10.2. The zero-order valence-corrected chi connectivity index (χ0v) is 7.85. The first kappa shape index (κ1) is 11.1. The maximum absolute atomic E-state index is 11.0. The Bertz CT molecular complexity index is 155. The molecule has 3 heteroatoms. The van der Waals surface area contributed by atoms with Crippen LogP contribution in [0.1, 0.15) is 39.5 Å². The summed E-state index contributed by atoms with van der Waals surface area (Å²) >= 11 is 0. The summed E-state index contributed by atoms with van der Waals surface area (Å²) < 4.78 is 0. The van der Waals surface area contributed by atoms with Crippen LogP contribution in [0.2, 0.25) is 0 Å². The van der Waals surface area contributed by atoms with Gasteiger partial charge in [-0.3, -0.25) is 4.79 Å². The van der Waals surface area contributed by atoms with E-state index < -0.39 is 0 Å². The zero-order chi connectivity index (χ0) is 9.40. The summed E-state index contributed by atoms with van der Waals surface area (Å²) in [6.45, 7) is 4.30. The van der Waals surface area contributed by atoms with Crippen LogP contribution in [0.5, 0.6) is 0 Å². The number of hydrogen-bond acceptors (Lipinski definition) is 2. The van der Waals surface area contributed by atoms with Crippen LogP contribution in [-0.2, 0) is 9.59 Å². The van der Waals surface area contributed by atoms with Crippen LogP contribution in [-0.4, -0.2) is 18.2 Å². The van der Waals surface area contributed by atoms with Crippen molar-refractivity contribution in [1.29, 1.82) is 0 Å². The molecule has 0 aromatic heterocycles. The second-order valence-corrected chi connectivity index (χ2v) is 2.91. The van der Waals surface area contributed by atoms with E-state index in [1.54, 1.807) is 0 Å². The molecular formula is C9H17NO2. The molecule has 0 fully saturated rings. The van der Waals surface area contributed by atoms with E-state index >= 15 is 0 Å². The maximum Gasteiger partial charge on any atom is 0.220 e. The maximum atomic E-state index is 11.0. The molecule has 0 atom stereocenters. The van der Waals surface area contributed by atoms with Crippen LogP contribution in [0, 0.1) is 0 Å². The molecule has 0 heterocycles. The van der Waals surface area contributed by atoms with Crippen LogP contribution >= 0.6 is 0 Å². The minimum Gasteiger partial charge on any atom is -0.356 e. The lowest BCUT2D eigenvalue weighted by Gasteiger charge is -2.01. The van der Waals surface area contributed by atoms with E-state index in [2.05, 4.69) is 12.2 Å². The Labute approximate surface area is 73.5 Å². The van der Waals surface area contributed by atoms with Crippen molar-refractivity contribution in [1.82, 2.24) is 5.32 Å².